The van der Waals surface area contributed by atoms with Crippen LogP contribution in [0.15, 0.2) is 26.1 Å². The summed E-state index contributed by atoms with van der Waals surface area (Å²) in [5.41, 5.74) is 0.366. The van der Waals surface area contributed by atoms with E-state index in [0.29, 0.717) is 16.8 Å². The zero-order valence-electron chi connectivity index (χ0n) is 13.4. The predicted octanol–water partition coefficient (Wildman–Crippen LogP) is 2.11. The molecule has 0 fully saturated rings. The van der Waals surface area contributed by atoms with E-state index in [9.17, 15) is 18.0 Å². The van der Waals surface area contributed by atoms with Crippen molar-refractivity contribution < 1.29 is 27.5 Å². The molecule has 0 unspecified atom stereocenters. The van der Waals surface area contributed by atoms with Gasteiger partial charge >= 0.3 is 12.0 Å². The fraction of sp³-hybridized carbons (Fsp3) is 0.143. The maximum Gasteiger partial charge on any atom is 0.337 e. The second kappa shape index (κ2) is 6.38. The fourth-order valence-electron chi connectivity index (χ4n) is 2.19. The topological polar surface area (TPSA) is 151 Å². The second-order valence-electron chi connectivity index (χ2n) is 5.22. The number of nitrogens with one attached hydrogen (secondary N) is 2. The van der Waals surface area contributed by atoms with E-state index in [-0.39, 0.29) is 11.7 Å². The van der Waals surface area contributed by atoms with E-state index < -0.39 is 32.5 Å². The van der Waals surface area contributed by atoms with E-state index in [1.807, 2.05) is 0 Å². The Hall–Kier alpha value is -2.99. The van der Waals surface area contributed by atoms with E-state index in [2.05, 4.69) is 15.3 Å². The molecule has 0 aromatic carbocycles. The molecule has 0 aliphatic heterocycles. The molecule has 26 heavy (non-hydrogen) atoms. The smallest absolute Gasteiger partial charge is 0.337 e. The average Bonchev–Trinajstić information content (AvgIpc) is 3.12. The molecule has 12 heteroatoms. The molecule has 3 N–H and O–H groups in total. The quantitative estimate of drug-likeness (QED) is 0.606. The normalized spacial score (nSPS) is 11.5. The van der Waals surface area contributed by atoms with Crippen molar-refractivity contribution in [1.82, 2.24) is 14.7 Å². The van der Waals surface area contributed by atoms with Crippen molar-refractivity contribution in [1.29, 1.82) is 0 Å². The lowest BCUT2D eigenvalue weighted by atomic mass is 10.3. The first-order valence-electron chi connectivity index (χ1n) is 7.05. The highest BCUT2D eigenvalue weighted by molar-refractivity contribution is 7.90. The zero-order chi connectivity index (χ0) is 19.1. The number of aromatic nitrogens is 2. The van der Waals surface area contributed by atoms with Gasteiger partial charge in [0.05, 0.1) is 16.6 Å². The van der Waals surface area contributed by atoms with Gasteiger partial charge < -0.3 is 9.52 Å². The Morgan fingerprint density at radius 2 is 1.96 bits per heavy atom. The Morgan fingerprint density at radius 1 is 1.23 bits per heavy atom. The van der Waals surface area contributed by atoms with Crippen molar-refractivity contribution >= 4 is 50.4 Å². The van der Waals surface area contributed by atoms with Gasteiger partial charge in [0, 0.05) is 10.8 Å². The molecule has 0 spiro atoms. The van der Waals surface area contributed by atoms with E-state index in [0.717, 1.165) is 22.1 Å². The number of thiophene rings is 1. The van der Waals surface area contributed by atoms with Crippen LogP contribution >= 0.6 is 11.3 Å². The fourth-order valence-corrected chi connectivity index (χ4v) is 4.47. The third-order valence-electron chi connectivity index (χ3n) is 3.31. The number of amides is 2. The molecule has 3 rings (SSSR count). The zero-order valence-corrected chi connectivity index (χ0v) is 15.1. The first-order chi connectivity index (χ1) is 12.2. The Balaban J connectivity index is 1.82. The number of carboxylic acids is 1. The van der Waals surface area contributed by atoms with Crippen molar-refractivity contribution in [3.8, 4) is 0 Å². The summed E-state index contributed by atoms with van der Waals surface area (Å²) >= 11 is 0.889. The number of furan rings is 1. The lowest BCUT2D eigenvalue weighted by Gasteiger charge is -2.08. The first kappa shape index (κ1) is 17.8. The van der Waals surface area contributed by atoms with Crippen LogP contribution in [0.3, 0.4) is 0 Å². The number of aryl methyl sites for hydroxylation is 2. The number of carbonyl (C=O) groups is 2. The first-order valence-corrected chi connectivity index (χ1v) is 9.48. The molecule has 0 radical (unpaired) electrons. The van der Waals surface area contributed by atoms with Crippen LogP contribution in [0.25, 0.3) is 11.1 Å². The predicted molar refractivity (Wildman–Crippen MR) is 91.9 cm³/mol. The number of sulfonamides is 1. The van der Waals surface area contributed by atoms with Crippen LogP contribution in [0, 0.1) is 13.8 Å². The number of fused-ring (bicyclic) bond motifs is 1. The highest BCUT2D eigenvalue weighted by Crippen LogP contribution is 2.22. The molecule has 0 aliphatic carbocycles. The Morgan fingerprint density at radius 3 is 2.65 bits per heavy atom. The molecule has 0 bridgehead atoms. The summed E-state index contributed by atoms with van der Waals surface area (Å²) in [7, 11) is -4.37. The molecule has 0 aliphatic rings. The number of urea groups is 1. The number of carbonyl (C=O) groups excluding carboxylic acids is 1. The number of carboxylic acid groups (broad SMARTS) is 1. The molecule has 2 amide bonds. The Bertz CT molecular complexity index is 1130. The van der Waals surface area contributed by atoms with Gasteiger partial charge in [0.25, 0.3) is 10.0 Å². The molecular weight excluding hydrogens is 384 g/mol. The van der Waals surface area contributed by atoms with Crippen LogP contribution in [0.1, 0.15) is 21.8 Å². The van der Waals surface area contributed by atoms with Crippen LogP contribution in [0.2, 0.25) is 0 Å². The number of hydrogen-bond donors (Lipinski definition) is 3. The molecule has 0 saturated heterocycles. The number of nitrogens with zero attached hydrogens (tertiary/aromatic N) is 2. The summed E-state index contributed by atoms with van der Waals surface area (Å²) in [4.78, 5) is 30.6. The lowest BCUT2D eigenvalue weighted by molar-refractivity contribution is 0.0693. The van der Waals surface area contributed by atoms with Gasteiger partial charge in [0.15, 0.2) is 0 Å². The summed E-state index contributed by atoms with van der Waals surface area (Å²) in [6.45, 7) is 3.41. The molecule has 3 aromatic heterocycles. The number of aromatic carboxylic acids is 1. The minimum Gasteiger partial charge on any atom is -0.478 e. The standard InChI is InChI=1S/C14H12N4O6S2/c1-6-3-8-7(2)15-13(16-11(8)24-6)17-14(21)18-26(22,23)10-5-25-4-9(10)12(19)20/h3-5H,1-2H3,(H,19,20)(H2,15,16,17,18,21). The molecule has 0 atom stereocenters. The highest BCUT2D eigenvalue weighted by atomic mass is 32.2. The minimum atomic E-state index is -4.37. The number of anilines is 1. The van der Waals surface area contributed by atoms with Crippen LogP contribution in [0.4, 0.5) is 10.7 Å². The lowest BCUT2D eigenvalue weighted by Crippen LogP contribution is -2.35. The van der Waals surface area contributed by atoms with Crippen molar-refractivity contribution in [3.63, 3.8) is 0 Å². The van der Waals surface area contributed by atoms with E-state index in [1.54, 1.807) is 24.6 Å². The molecule has 136 valence electrons. The SMILES string of the molecule is Cc1cc2c(C)nc(NC(=O)NS(=O)(=O)c3cscc3C(=O)O)nc2o1. The summed E-state index contributed by atoms with van der Waals surface area (Å²) in [5, 5.41) is 14.2. The average molecular weight is 396 g/mol. The monoisotopic (exact) mass is 396 g/mol. The van der Waals surface area contributed by atoms with Gasteiger partial charge in [0.1, 0.15) is 10.7 Å². The number of rotatable bonds is 4. The van der Waals surface area contributed by atoms with Gasteiger partial charge in [-0.05, 0) is 19.9 Å². The number of hydrogen-bond acceptors (Lipinski definition) is 8. The highest BCUT2D eigenvalue weighted by Gasteiger charge is 2.25. The summed E-state index contributed by atoms with van der Waals surface area (Å²) < 4.78 is 31.5. The maximum absolute atomic E-state index is 12.2. The maximum atomic E-state index is 12.2. The van der Waals surface area contributed by atoms with Crippen molar-refractivity contribution in [2.45, 2.75) is 18.7 Å². The molecule has 3 heterocycles. The Labute approximate surface area is 150 Å². The minimum absolute atomic E-state index is 0.152. The van der Waals surface area contributed by atoms with Gasteiger partial charge in [-0.2, -0.15) is 16.3 Å². The molecular formula is C14H12N4O6S2. The molecule has 3 aromatic rings. The molecule has 10 nitrogen and oxygen atoms in total. The van der Waals surface area contributed by atoms with Crippen LogP contribution in [-0.2, 0) is 10.0 Å². The molecule has 0 saturated carbocycles. The van der Waals surface area contributed by atoms with Crippen molar-refractivity contribution in [2.24, 2.45) is 0 Å². The van der Waals surface area contributed by atoms with Crippen LogP contribution < -0.4 is 10.0 Å². The van der Waals surface area contributed by atoms with E-state index in [4.69, 9.17) is 9.52 Å². The van der Waals surface area contributed by atoms with Gasteiger partial charge in [0.2, 0.25) is 11.7 Å². The summed E-state index contributed by atoms with van der Waals surface area (Å²) in [5.74, 6) is -0.953. The van der Waals surface area contributed by atoms with Gasteiger partial charge in [-0.3, -0.25) is 5.32 Å². The van der Waals surface area contributed by atoms with Crippen LogP contribution in [0.5, 0.6) is 0 Å². The van der Waals surface area contributed by atoms with Gasteiger partial charge in [-0.15, -0.1) is 0 Å². The third-order valence-corrected chi connectivity index (χ3v) is 5.57. The largest absolute Gasteiger partial charge is 0.478 e. The van der Waals surface area contributed by atoms with E-state index >= 15 is 0 Å². The Kier molecular flexibility index (Phi) is 4.38. The van der Waals surface area contributed by atoms with Gasteiger partial charge in [-0.25, -0.2) is 27.7 Å². The third kappa shape index (κ3) is 3.36. The summed E-state index contributed by atoms with van der Waals surface area (Å²) in [6.07, 6.45) is 0. The van der Waals surface area contributed by atoms with Crippen molar-refractivity contribution in [2.75, 3.05) is 5.32 Å². The van der Waals surface area contributed by atoms with Gasteiger partial charge in [-0.1, -0.05) is 0 Å². The second-order valence-corrected chi connectivity index (χ2v) is 7.62. The summed E-state index contributed by atoms with van der Waals surface area (Å²) in [6, 6.07) is 0.609. The van der Waals surface area contributed by atoms with Crippen molar-refractivity contribution in [3.05, 3.63) is 33.8 Å². The van der Waals surface area contributed by atoms with Crippen LogP contribution in [-0.4, -0.2) is 35.5 Å². The van der Waals surface area contributed by atoms with E-state index in [1.165, 1.54) is 0 Å².